The van der Waals surface area contributed by atoms with Crippen molar-refractivity contribution in [1.82, 2.24) is 14.7 Å². The number of carbonyl (C=O) groups is 1. The Kier molecular flexibility index (Phi) is 7.27. The third kappa shape index (κ3) is 5.31. The minimum absolute atomic E-state index is 0.0169. The number of hydrogen-bond acceptors (Lipinski definition) is 4. The van der Waals surface area contributed by atoms with Gasteiger partial charge in [-0.3, -0.25) is 9.69 Å². The molecule has 0 bridgehead atoms. The zero-order valence-corrected chi connectivity index (χ0v) is 16.9. The predicted molar refractivity (Wildman–Crippen MR) is 108 cm³/mol. The SMILES string of the molecule is Cc1ccccc1CN(CCO)C(=O)C1CCCN(C2CCN(C)CC2)C1. The van der Waals surface area contributed by atoms with Crippen molar-refractivity contribution in [1.29, 1.82) is 0 Å². The van der Waals surface area contributed by atoms with Crippen molar-refractivity contribution < 1.29 is 9.90 Å². The molecule has 0 spiro atoms. The molecule has 0 radical (unpaired) electrons. The Hall–Kier alpha value is -1.43. The lowest BCUT2D eigenvalue weighted by molar-refractivity contribution is -0.139. The molecule has 1 amide bonds. The van der Waals surface area contributed by atoms with Crippen LogP contribution >= 0.6 is 0 Å². The molecule has 5 heteroatoms. The van der Waals surface area contributed by atoms with Crippen LogP contribution in [0.4, 0.5) is 0 Å². The van der Waals surface area contributed by atoms with E-state index >= 15 is 0 Å². The topological polar surface area (TPSA) is 47.0 Å². The van der Waals surface area contributed by atoms with Crippen molar-refractivity contribution in [2.75, 3.05) is 46.4 Å². The zero-order valence-electron chi connectivity index (χ0n) is 16.9. The number of amides is 1. The standard InChI is InChI=1S/C22H35N3O2/c1-18-6-3-4-7-19(18)16-25(14-15-26)22(27)20-8-5-11-24(17-20)21-9-12-23(2)13-10-21/h3-4,6-7,20-21,26H,5,8-17H2,1-2H3. The first-order valence-corrected chi connectivity index (χ1v) is 10.4. The maximum Gasteiger partial charge on any atom is 0.227 e. The third-order valence-corrected chi connectivity index (χ3v) is 6.31. The summed E-state index contributed by atoms with van der Waals surface area (Å²) in [5.74, 6) is 0.277. The van der Waals surface area contributed by atoms with E-state index in [-0.39, 0.29) is 18.4 Å². The summed E-state index contributed by atoms with van der Waals surface area (Å²) in [4.78, 5) is 20.1. The van der Waals surface area contributed by atoms with E-state index in [1.54, 1.807) is 0 Å². The van der Waals surface area contributed by atoms with E-state index in [1.807, 2.05) is 17.0 Å². The smallest absolute Gasteiger partial charge is 0.227 e. The van der Waals surface area contributed by atoms with E-state index in [0.717, 1.165) is 39.0 Å². The normalized spacial score (nSPS) is 22.7. The van der Waals surface area contributed by atoms with Gasteiger partial charge in [0.2, 0.25) is 5.91 Å². The van der Waals surface area contributed by atoms with Crippen LogP contribution in [-0.4, -0.2) is 78.1 Å². The molecule has 2 fully saturated rings. The van der Waals surface area contributed by atoms with Crippen molar-refractivity contribution in [3.05, 3.63) is 35.4 Å². The van der Waals surface area contributed by atoms with Crippen LogP contribution in [0.1, 0.15) is 36.8 Å². The largest absolute Gasteiger partial charge is 0.395 e. The Morgan fingerprint density at radius 1 is 1.19 bits per heavy atom. The molecule has 1 unspecified atom stereocenters. The Bertz CT molecular complexity index is 613. The molecule has 2 heterocycles. The van der Waals surface area contributed by atoms with Gasteiger partial charge < -0.3 is 14.9 Å². The fourth-order valence-corrected chi connectivity index (χ4v) is 4.54. The summed E-state index contributed by atoms with van der Waals surface area (Å²) >= 11 is 0. The number of piperidine rings is 2. The quantitative estimate of drug-likeness (QED) is 0.830. The van der Waals surface area contributed by atoms with Gasteiger partial charge in [0.25, 0.3) is 0 Å². The summed E-state index contributed by atoms with van der Waals surface area (Å²) in [5.41, 5.74) is 2.37. The summed E-state index contributed by atoms with van der Waals surface area (Å²) in [6, 6.07) is 8.83. The number of carbonyl (C=O) groups excluding carboxylic acids is 1. The second-order valence-electron chi connectivity index (χ2n) is 8.28. The first-order chi connectivity index (χ1) is 13.1. The molecule has 0 saturated carbocycles. The van der Waals surface area contributed by atoms with Crippen molar-refractivity contribution in [2.45, 2.75) is 45.2 Å². The number of benzene rings is 1. The zero-order chi connectivity index (χ0) is 19.2. The van der Waals surface area contributed by atoms with Crippen LogP contribution < -0.4 is 0 Å². The molecule has 0 aromatic heterocycles. The minimum atomic E-state index is 0.0169. The Labute approximate surface area is 163 Å². The van der Waals surface area contributed by atoms with Crippen LogP contribution in [0.2, 0.25) is 0 Å². The number of rotatable bonds is 6. The van der Waals surface area contributed by atoms with Crippen LogP contribution in [0.3, 0.4) is 0 Å². The van der Waals surface area contributed by atoms with Gasteiger partial charge in [0.1, 0.15) is 0 Å². The molecule has 2 aliphatic heterocycles. The number of likely N-dealkylation sites (tertiary alicyclic amines) is 2. The summed E-state index contributed by atoms with van der Waals surface area (Å²) < 4.78 is 0. The molecule has 2 aliphatic rings. The predicted octanol–water partition coefficient (Wildman–Crippen LogP) is 2.12. The van der Waals surface area contributed by atoms with E-state index in [2.05, 4.69) is 35.9 Å². The number of aliphatic hydroxyl groups is 1. The van der Waals surface area contributed by atoms with Crippen molar-refractivity contribution >= 4 is 5.91 Å². The maximum absolute atomic E-state index is 13.3. The van der Waals surface area contributed by atoms with E-state index in [0.29, 0.717) is 19.1 Å². The number of aliphatic hydroxyl groups excluding tert-OH is 1. The van der Waals surface area contributed by atoms with Crippen molar-refractivity contribution in [3.63, 3.8) is 0 Å². The average Bonchev–Trinajstić information content (AvgIpc) is 2.69. The van der Waals surface area contributed by atoms with Gasteiger partial charge >= 0.3 is 0 Å². The highest BCUT2D eigenvalue weighted by Crippen LogP contribution is 2.25. The first-order valence-electron chi connectivity index (χ1n) is 10.4. The summed E-state index contributed by atoms with van der Waals surface area (Å²) in [6.07, 6.45) is 4.49. The number of hydrogen-bond donors (Lipinski definition) is 1. The summed E-state index contributed by atoms with van der Waals surface area (Å²) in [5, 5.41) is 9.50. The monoisotopic (exact) mass is 373 g/mol. The molecular weight excluding hydrogens is 338 g/mol. The van der Waals surface area contributed by atoms with E-state index < -0.39 is 0 Å². The van der Waals surface area contributed by atoms with Crippen LogP contribution in [-0.2, 0) is 11.3 Å². The van der Waals surface area contributed by atoms with Gasteiger partial charge in [-0.25, -0.2) is 0 Å². The molecule has 0 aliphatic carbocycles. The molecular formula is C22H35N3O2. The maximum atomic E-state index is 13.3. The average molecular weight is 374 g/mol. The van der Waals surface area contributed by atoms with Gasteiger partial charge in [0, 0.05) is 25.7 Å². The van der Waals surface area contributed by atoms with Crippen LogP contribution in [0, 0.1) is 12.8 Å². The molecule has 1 atom stereocenters. The highest BCUT2D eigenvalue weighted by atomic mass is 16.3. The van der Waals surface area contributed by atoms with Gasteiger partial charge in [0.15, 0.2) is 0 Å². The molecule has 2 saturated heterocycles. The Morgan fingerprint density at radius 2 is 1.93 bits per heavy atom. The summed E-state index contributed by atoms with van der Waals surface area (Å²) in [7, 11) is 2.19. The second-order valence-corrected chi connectivity index (χ2v) is 8.28. The fraction of sp³-hybridized carbons (Fsp3) is 0.682. The fourth-order valence-electron chi connectivity index (χ4n) is 4.54. The molecule has 1 aromatic rings. The van der Waals surface area contributed by atoms with Gasteiger partial charge in [-0.05, 0) is 70.4 Å². The molecule has 1 aromatic carbocycles. The second kappa shape index (κ2) is 9.67. The minimum Gasteiger partial charge on any atom is -0.395 e. The van der Waals surface area contributed by atoms with E-state index in [4.69, 9.17) is 0 Å². The van der Waals surface area contributed by atoms with Gasteiger partial charge in [-0.1, -0.05) is 24.3 Å². The van der Waals surface area contributed by atoms with Gasteiger partial charge in [-0.15, -0.1) is 0 Å². The van der Waals surface area contributed by atoms with Crippen LogP contribution in [0.5, 0.6) is 0 Å². The summed E-state index contributed by atoms with van der Waals surface area (Å²) in [6.45, 7) is 7.42. The molecule has 1 N–H and O–H groups in total. The molecule has 150 valence electrons. The van der Waals surface area contributed by atoms with Crippen molar-refractivity contribution in [2.24, 2.45) is 5.92 Å². The molecule has 5 nitrogen and oxygen atoms in total. The third-order valence-electron chi connectivity index (χ3n) is 6.31. The highest BCUT2D eigenvalue weighted by molar-refractivity contribution is 5.79. The Morgan fingerprint density at radius 3 is 2.63 bits per heavy atom. The van der Waals surface area contributed by atoms with Crippen molar-refractivity contribution in [3.8, 4) is 0 Å². The van der Waals surface area contributed by atoms with E-state index in [9.17, 15) is 9.90 Å². The number of nitrogens with zero attached hydrogens (tertiary/aromatic N) is 3. The van der Waals surface area contributed by atoms with Crippen LogP contribution in [0.15, 0.2) is 24.3 Å². The number of aryl methyl sites for hydroxylation is 1. The van der Waals surface area contributed by atoms with E-state index in [1.165, 1.54) is 24.0 Å². The highest BCUT2D eigenvalue weighted by Gasteiger charge is 2.33. The lowest BCUT2D eigenvalue weighted by atomic mass is 9.92. The molecule has 27 heavy (non-hydrogen) atoms. The van der Waals surface area contributed by atoms with Gasteiger partial charge in [0.05, 0.1) is 12.5 Å². The van der Waals surface area contributed by atoms with Gasteiger partial charge in [-0.2, -0.15) is 0 Å². The lowest BCUT2D eigenvalue weighted by Gasteiger charge is -2.42. The first kappa shape index (κ1) is 20.3. The lowest BCUT2D eigenvalue weighted by Crippen LogP contribution is -2.51. The van der Waals surface area contributed by atoms with Crippen LogP contribution in [0.25, 0.3) is 0 Å². The Balaban J connectivity index is 1.63. The molecule has 3 rings (SSSR count).